The van der Waals surface area contributed by atoms with Gasteiger partial charge in [0, 0.05) is 80.2 Å². The number of rotatable bonds is 17. The summed E-state index contributed by atoms with van der Waals surface area (Å²) in [6.45, 7) is 19.6. The molecule has 3 heterocycles. The first-order valence-corrected chi connectivity index (χ1v) is 16.9. The lowest BCUT2D eigenvalue weighted by Gasteiger charge is -2.68. The fourth-order valence-corrected chi connectivity index (χ4v) is 9.27. The van der Waals surface area contributed by atoms with Crippen molar-refractivity contribution in [3.63, 3.8) is 0 Å². The highest BCUT2D eigenvalue weighted by molar-refractivity contribution is 5.87. The fourth-order valence-electron chi connectivity index (χ4n) is 9.27. The van der Waals surface area contributed by atoms with Gasteiger partial charge in [0.1, 0.15) is 5.60 Å². The van der Waals surface area contributed by atoms with Gasteiger partial charge in [0.15, 0.2) is 0 Å². The predicted octanol–water partition coefficient (Wildman–Crippen LogP) is 5.94. The lowest BCUT2D eigenvalue weighted by Crippen LogP contribution is -2.74. The average molecular weight is 605 g/mol. The molecule has 7 fully saturated rings. The molecule has 0 radical (unpaired) electrons. The summed E-state index contributed by atoms with van der Waals surface area (Å²) in [6.07, 6.45) is 10.8. The van der Waals surface area contributed by atoms with Crippen molar-refractivity contribution in [3.05, 3.63) is 12.2 Å². The highest BCUT2D eigenvalue weighted by atomic mass is 16.6. The van der Waals surface area contributed by atoms with Crippen LogP contribution in [0.15, 0.2) is 12.2 Å². The SMILES string of the molecule is C=C(C)C(=O)OC12CC3(OCCCC4(C)COC4)CC(OCCCC4(C)COC4)(CC(OCCCC4(C)COC4)(C3)C1)C2. The van der Waals surface area contributed by atoms with E-state index in [2.05, 4.69) is 27.4 Å². The zero-order valence-electron chi connectivity index (χ0n) is 27.3. The van der Waals surface area contributed by atoms with E-state index in [-0.39, 0.29) is 22.2 Å². The Labute approximate surface area is 258 Å². The van der Waals surface area contributed by atoms with Gasteiger partial charge in [-0.05, 0) is 45.4 Å². The van der Waals surface area contributed by atoms with Gasteiger partial charge in [0.25, 0.3) is 0 Å². The first-order chi connectivity index (χ1) is 20.3. The van der Waals surface area contributed by atoms with Crippen LogP contribution >= 0.6 is 0 Å². The Balaban J connectivity index is 1.20. The first-order valence-electron chi connectivity index (χ1n) is 16.9. The van der Waals surface area contributed by atoms with E-state index in [4.69, 9.17) is 33.2 Å². The summed E-state index contributed by atoms with van der Waals surface area (Å²) in [6, 6.07) is 0. The molecule has 0 amide bonds. The molecule has 4 saturated carbocycles. The highest BCUT2D eigenvalue weighted by Gasteiger charge is 2.72. The Morgan fingerprint density at radius 3 is 1.14 bits per heavy atom. The van der Waals surface area contributed by atoms with Crippen molar-refractivity contribution in [2.24, 2.45) is 16.2 Å². The van der Waals surface area contributed by atoms with Crippen LogP contribution in [0.25, 0.3) is 0 Å². The molecule has 0 aromatic rings. The Morgan fingerprint density at radius 1 is 0.581 bits per heavy atom. The van der Waals surface area contributed by atoms with Crippen molar-refractivity contribution < 1.29 is 38.0 Å². The summed E-state index contributed by atoms with van der Waals surface area (Å²) in [5.41, 5.74) is -0.779. The minimum absolute atomic E-state index is 0.266. The Hall–Kier alpha value is -1.03. The van der Waals surface area contributed by atoms with Gasteiger partial charge in [-0.15, -0.1) is 0 Å². The van der Waals surface area contributed by atoms with Gasteiger partial charge in [0.2, 0.25) is 0 Å². The van der Waals surface area contributed by atoms with Gasteiger partial charge in [-0.3, -0.25) is 0 Å². The molecule has 4 bridgehead atoms. The Bertz CT molecular complexity index is 925. The zero-order chi connectivity index (χ0) is 30.5. The molecule has 4 aliphatic carbocycles. The monoisotopic (exact) mass is 604 g/mol. The molecule has 8 heteroatoms. The van der Waals surface area contributed by atoms with Crippen LogP contribution in [0, 0.1) is 16.2 Å². The smallest absolute Gasteiger partial charge is 0.333 e. The maximum absolute atomic E-state index is 13.1. The zero-order valence-corrected chi connectivity index (χ0v) is 27.3. The summed E-state index contributed by atoms with van der Waals surface area (Å²) in [5, 5.41) is 0. The first kappa shape index (κ1) is 31.9. The third kappa shape index (κ3) is 6.90. The van der Waals surface area contributed by atoms with Crippen LogP contribution in [-0.2, 0) is 38.0 Å². The van der Waals surface area contributed by atoms with Crippen molar-refractivity contribution in [1.82, 2.24) is 0 Å². The topological polar surface area (TPSA) is 81.7 Å². The van der Waals surface area contributed by atoms with Crippen molar-refractivity contribution in [2.45, 2.75) is 127 Å². The maximum Gasteiger partial charge on any atom is 0.333 e. The lowest BCUT2D eigenvalue weighted by atomic mass is 9.48. The molecule has 8 nitrogen and oxygen atoms in total. The molecule has 0 spiro atoms. The molecule has 244 valence electrons. The Kier molecular flexibility index (Phi) is 8.65. The fraction of sp³-hybridized carbons (Fsp3) is 0.914. The summed E-state index contributed by atoms with van der Waals surface area (Å²) in [7, 11) is 0. The van der Waals surface area contributed by atoms with Crippen molar-refractivity contribution in [3.8, 4) is 0 Å². The van der Waals surface area contributed by atoms with E-state index >= 15 is 0 Å². The van der Waals surface area contributed by atoms with Crippen molar-refractivity contribution >= 4 is 5.97 Å². The molecule has 0 atom stereocenters. The van der Waals surface area contributed by atoms with Crippen LogP contribution in [0.3, 0.4) is 0 Å². The van der Waals surface area contributed by atoms with Crippen molar-refractivity contribution in [1.29, 1.82) is 0 Å². The third-order valence-electron chi connectivity index (χ3n) is 11.2. The van der Waals surface area contributed by atoms with Crippen LogP contribution < -0.4 is 0 Å². The van der Waals surface area contributed by atoms with Crippen LogP contribution in [0.1, 0.15) is 105 Å². The molecule has 0 N–H and O–H groups in total. The summed E-state index contributed by atoms with van der Waals surface area (Å²) in [4.78, 5) is 13.1. The molecule has 7 rings (SSSR count). The molecule has 0 unspecified atom stereocenters. The number of carbonyl (C=O) groups is 1. The van der Waals surface area contributed by atoms with Crippen LogP contribution in [0.4, 0.5) is 0 Å². The molecule has 0 aromatic heterocycles. The van der Waals surface area contributed by atoms with E-state index in [1.54, 1.807) is 6.92 Å². The largest absolute Gasteiger partial charge is 0.455 e. The average Bonchev–Trinajstić information content (AvgIpc) is 2.87. The van der Waals surface area contributed by atoms with E-state index in [0.717, 1.165) is 97.4 Å². The van der Waals surface area contributed by atoms with Gasteiger partial charge < -0.3 is 33.2 Å². The van der Waals surface area contributed by atoms with E-state index in [1.807, 2.05) is 0 Å². The van der Waals surface area contributed by atoms with E-state index < -0.39 is 22.4 Å². The normalized spacial score (nSPS) is 37.7. The second kappa shape index (κ2) is 11.6. The second-order valence-corrected chi connectivity index (χ2v) is 16.7. The van der Waals surface area contributed by atoms with Gasteiger partial charge in [-0.25, -0.2) is 4.79 Å². The van der Waals surface area contributed by atoms with Crippen LogP contribution in [0.2, 0.25) is 0 Å². The lowest BCUT2D eigenvalue weighted by molar-refractivity contribution is -0.328. The molecule has 0 aromatic carbocycles. The number of hydrogen-bond donors (Lipinski definition) is 0. The van der Waals surface area contributed by atoms with Crippen LogP contribution in [0.5, 0.6) is 0 Å². The molecule has 7 aliphatic rings. The van der Waals surface area contributed by atoms with Gasteiger partial charge in [-0.1, -0.05) is 27.4 Å². The minimum Gasteiger partial charge on any atom is -0.455 e. The van der Waals surface area contributed by atoms with E-state index in [9.17, 15) is 4.79 Å². The number of esters is 1. The molecular weight excluding hydrogens is 548 g/mol. The third-order valence-corrected chi connectivity index (χ3v) is 11.2. The highest BCUT2D eigenvalue weighted by Crippen LogP contribution is 2.65. The molecule has 3 aliphatic heterocycles. The van der Waals surface area contributed by atoms with E-state index in [0.29, 0.717) is 44.7 Å². The molecule has 43 heavy (non-hydrogen) atoms. The minimum atomic E-state index is -0.680. The molecule has 3 saturated heterocycles. The number of hydrogen-bond acceptors (Lipinski definition) is 8. The van der Waals surface area contributed by atoms with Gasteiger partial charge >= 0.3 is 5.97 Å². The van der Waals surface area contributed by atoms with Crippen molar-refractivity contribution in [2.75, 3.05) is 59.5 Å². The van der Waals surface area contributed by atoms with E-state index in [1.165, 1.54) is 0 Å². The molecular formula is C35H56O8. The number of carbonyl (C=O) groups excluding carboxylic acids is 1. The Morgan fingerprint density at radius 2 is 0.884 bits per heavy atom. The number of ether oxygens (including phenoxy) is 7. The van der Waals surface area contributed by atoms with Gasteiger partial charge in [-0.2, -0.15) is 0 Å². The predicted molar refractivity (Wildman–Crippen MR) is 162 cm³/mol. The van der Waals surface area contributed by atoms with Crippen LogP contribution in [-0.4, -0.2) is 87.8 Å². The quantitative estimate of drug-likeness (QED) is 0.115. The second-order valence-electron chi connectivity index (χ2n) is 16.7. The maximum atomic E-state index is 13.1. The summed E-state index contributed by atoms with van der Waals surface area (Å²) in [5.74, 6) is -0.323. The summed E-state index contributed by atoms with van der Waals surface area (Å²) < 4.78 is 43.7. The standard InChI is InChI=1S/C35H56O8/c1-27(2)28(36)43-35-18-32(40-12-6-9-29(3)21-37-22-29)15-33(19-35,41-13-7-10-30(4)23-38-24-30)17-34(16-32,20-35)42-14-8-11-31(5)25-39-26-31/h1,6-26H2,2-5H3. The summed E-state index contributed by atoms with van der Waals surface area (Å²) >= 11 is 0. The van der Waals surface area contributed by atoms with Gasteiger partial charge in [0.05, 0.1) is 56.4 Å².